The Hall–Kier alpha value is -2.54. The summed E-state index contributed by atoms with van der Waals surface area (Å²) in [4.78, 5) is 11.2. The second kappa shape index (κ2) is 6.99. The van der Waals surface area contributed by atoms with Gasteiger partial charge < -0.3 is 4.74 Å². The van der Waals surface area contributed by atoms with Gasteiger partial charge in [0.2, 0.25) is 5.88 Å². The predicted molar refractivity (Wildman–Crippen MR) is 108 cm³/mol. The van der Waals surface area contributed by atoms with Crippen LogP contribution in [0.2, 0.25) is 13.1 Å². The van der Waals surface area contributed by atoms with Crippen LogP contribution in [-0.2, 0) is 6.54 Å². The van der Waals surface area contributed by atoms with Crippen molar-refractivity contribution in [1.82, 2.24) is 25.0 Å². The Morgan fingerprint density at radius 1 is 1.08 bits per heavy atom. The van der Waals surface area contributed by atoms with Crippen LogP contribution < -0.4 is 10.1 Å². The highest BCUT2D eigenvalue weighted by Crippen LogP contribution is 2.29. The number of hydrogen-bond donors (Lipinski definition) is 0. The molecular weight excluding hydrogens is 342 g/mol. The zero-order valence-corrected chi connectivity index (χ0v) is 17.2. The van der Waals surface area contributed by atoms with Gasteiger partial charge in [-0.2, -0.15) is 15.0 Å². The maximum Gasteiger partial charge on any atom is 0.243 e. The zero-order valence-electron chi connectivity index (χ0n) is 16.0. The van der Waals surface area contributed by atoms with E-state index in [0.29, 0.717) is 18.1 Å². The van der Waals surface area contributed by atoms with Crippen molar-refractivity contribution in [1.29, 1.82) is 0 Å². The molecule has 0 unspecified atom stereocenters. The number of nitrogens with zero attached hydrogens (tertiary/aromatic N) is 5. The first-order valence-electron chi connectivity index (χ1n) is 8.80. The van der Waals surface area contributed by atoms with Gasteiger partial charge in [0.1, 0.15) is 11.3 Å². The van der Waals surface area contributed by atoms with Crippen molar-refractivity contribution in [3.8, 4) is 17.3 Å². The standard InChI is InChI=1S/C19H25N5OSi/c1-7-12-24-22-16(18(23-24)26(5)6)15-17(25-19(2,3)4)21-14-11-9-8-10-13(14)20-15/h7-11,26H,1,12H2,2-6H3. The smallest absolute Gasteiger partial charge is 0.243 e. The first-order valence-corrected chi connectivity index (χ1v) is 11.7. The molecule has 136 valence electrons. The van der Waals surface area contributed by atoms with Crippen molar-refractivity contribution < 1.29 is 4.74 Å². The Kier molecular flexibility index (Phi) is 4.91. The molecule has 0 aliphatic rings. The van der Waals surface area contributed by atoms with Crippen LogP contribution in [0.15, 0.2) is 36.9 Å². The third-order valence-electron chi connectivity index (χ3n) is 3.69. The van der Waals surface area contributed by atoms with Crippen molar-refractivity contribution in [2.24, 2.45) is 0 Å². The van der Waals surface area contributed by atoms with Crippen LogP contribution in [0.5, 0.6) is 5.88 Å². The van der Waals surface area contributed by atoms with Gasteiger partial charge >= 0.3 is 0 Å². The summed E-state index contributed by atoms with van der Waals surface area (Å²) in [6.45, 7) is 14.8. The predicted octanol–water partition coefficient (Wildman–Crippen LogP) is 2.95. The molecule has 3 rings (SSSR count). The molecule has 7 heteroatoms. The van der Waals surface area contributed by atoms with Crippen LogP contribution in [0.1, 0.15) is 20.8 Å². The lowest BCUT2D eigenvalue weighted by atomic mass is 10.2. The lowest BCUT2D eigenvalue weighted by Crippen LogP contribution is -2.28. The maximum atomic E-state index is 6.14. The third kappa shape index (κ3) is 3.82. The fourth-order valence-corrected chi connectivity index (χ4v) is 3.72. The number of ether oxygens (including phenoxy) is 1. The van der Waals surface area contributed by atoms with Crippen LogP contribution in [0.3, 0.4) is 0 Å². The summed E-state index contributed by atoms with van der Waals surface area (Å²) in [6.07, 6.45) is 1.79. The molecule has 2 aromatic heterocycles. The van der Waals surface area contributed by atoms with E-state index < -0.39 is 14.4 Å². The summed E-state index contributed by atoms with van der Waals surface area (Å²) in [6, 6.07) is 7.80. The van der Waals surface area contributed by atoms with Gasteiger partial charge in [0.25, 0.3) is 0 Å². The van der Waals surface area contributed by atoms with Crippen molar-refractivity contribution >= 4 is 25.1 Å². The Labute approximate surface area is 155 Å². The molecule has 6 nitrogen and oxygen atoms in total. The molecule has 0 amide bonds. The normalized spacial score (nSPS) is 11.9. The first-order chi connectivity index (χ1) is 12.3. The molecule has 0 spiro atoms. The third-order valence-corrected chi connectivity index (χ3v) is 5.17. The molecule has 0 bridgehead atoms. The number of fused-ring (bicyclic) bond motifs is 1. The van der Waals surface area contributed by atoms with Crippen LogP contribution in [0.4, 0.5) is 0 Å². The van der Waals surface area contributed by atoms with Crippen molar-refractivity contribution in [2.75, 3.05) is 0 Å². The summed E-state index contributed by atoms with van der Waals surface area (Å²) in [5, 5.41) is 10.4. The zero-order chi connectivity index (χ0) is 18.9. The molecule has 0 fully saturated rings. The summed E-state index contributed by atoms with van der Waals surface area (Å²) >= 11 is 0. The number of hydrogen-bond acceptors (Lipinski definition) is 5. The van der Waals surface area contributed by atoms with Crippen molar-refractivity contribution in [3.05, 3.63) is 36.9 Å². The average molecular weight is 368 g/mol. The molecule has 0 aliphatic heterocycles. The summed E-state index contributed by atoms with van der Waals surface area (Å²) in [5.41, 5.74) is 2.66. The molecular formula is C19H25N5OSi. The number of para-hydroxylation sites is 2. The fourth-order valence-electron chi connectivity index (χ4n) is 2.61. The molecule has 0 saturated heterocycles. The topological polar surface area (TPSA) is 65.7 Å². The van der Waals surface area contributed by atoms with Gasteiger partial charge in [-0.25, -0.2) is 9.97 Å². The highest BCUT2D eigenvalue weighted by molar-refractivity contribution is 6.71. The molecule has 0 atom stereocenters. The highest BCUT2D eigenvalue weighted by atomic mass is 28.3. The number of allylic oxidation sites excluding steroid dienone is 1. The van der Waals surface area contributed by atoms with Gasteiger partial charge in [-0.15, -0.1) is 6.58 Å². The van der Waals surface area contributed by atoms with Crippen molar-refractivity contribution in [2.45, 2.75) is 46.0 Å². The minimum atomic E-state index is -1.23. The van der Waals surface area contributed by atoms with Gasteiger partial charge in [-0.1, -0.05) is 31.3 Å². The first kappa shape index (κ1) is 18.3. The Bertz CT molecular complexity index is 943. The molecule has 0 saturated carbocycles. The minimum absolute atomic E-state index is 0.390. The lowest BCUT2D eigenvalue weighted by Gasteiger charge is -2.22. The van der Waals surface area contributed by atoms with E-state index in [-0.39, 0.29) is 0 Å². The minimum Gasteiger partial charge on any atom is -0.470 e. The molecule has 0 N–H and O–H groups in total. The maximum absolute atomic E-state index is 6.14. The van der Waals surface area contributed by atoms with Gasteiger partial charge in [0.05, 0.1) is 31.7 Å². The molecule has 2 heterocycles. The lowest BCUT2D eigenvalue weighted by molar-refractivity contribution is 0.125. The van der Waals surface area contributed by atoms with Crippen LogP contribution >= 0.6 is 0 Å². The molecule has 0 radical (unpaired) electrons. The van der Waals surface area contributed by atoms with E-state index in [1.165, 1.54) is 0 Å². The van der Waals surface area contributed by atoms with E-state index >= 15 is 0 Å². The van der Waals surface area contributed by atoms with E-state index in [1.54, 1.807) is 10.9 Å². The van der Waals surface area contributed by atoms with E-state index in [0.717, 1.165) is 22.0 Å². The van der Waals surface area contributed by atoms with Gasteiger partial charge in [-0.05, 0) is 32.9 Å². The number of aromatic nitrogens is 5. The fraction of sp³-hybridized carbons (Fsp3) is 0.368. The number of benzene rings is 1. The quantitative estimate of drug-likeness (QED) is 0.512. The average Bonchev–Trinajstić information content (AvgIpc) is 2.97. The van der Waals surface area contributed by atoms with Crippen LogP contribution in [0.25, 0.3) is 22.4 Å². The largest absolute Gasteiger partial charge is 0.470 e. The molecule has 3 aromatic rings. The summed E-state index contributed by atoms with van der Waals surface area (Å²) in [7, 11) is -1.23. The van der Waals surface area contributed by atoms with E-state index in [1.807, 2.05) is 45.0 Å². The van der Waals surface area contributed by atoms with Crippen LogP contribution in [-0.4, -0.2) is 39.4 Å². The number of rotatable bonds is 5. The SMILES string of the molecule is C=CCn1nc(-c2nc3ccccc3nc2OC(C)(C)C)c([SiH](C)C)n1. The monoisotopic (exact) mass is 367 g/mol. The Balaban J connectivity index is 2.25. The van der Waals surface area contributed by atoms with Gasteiger partial charge in [-0.3, -0.25) is 0 Å². The summed E-state index contributed by atoms with van der Waals surface area (Å²) in [5.74, 6) is 0.498. The van der Waals surface area contributed by atoms with Gasteiger partial charge in [0.15, 0.2) is 5.69 Å². The van der Waals surface area contributed by atoms with Crippen LogP contribution in [0, 0.1) is 0 Å². The van der Waals surface area contributed by atoms with E-state index in [2.05, 4.69) is 29.9 Å². The van der Waals surface area contributed by atoms with E-state index in [9.17, 15) is 0 Å². The Morgan fingerprint density at radius 2 is 1.73 bits per heavy atom. The molecule has 1 aromatic carbocycles. The highest BCUT2D eigenvalue weighted by Gasteiger charge is 2.25. The van der Waals surface area contributed by atoms with E-state index in [4.69, 9.17) is 14.7 Å². The Morgan fingerprint density at radius 3 is 2.31 bits per heavy atom. The summed E-state index contributed by atoms with van der Waals surface area (Å²) < 4.78 is 6.14. The van der Waals surface area contributed by atoms with Crippen molar-refractivity contribution in [3.63, 3.8) is 0 Å². The molecule has 26 heavy (non-hydrogen) atoms. The molecule has 0 aliphatic carbocycles. The second-order valence-electron chi connectivity index (χ2n) is 7.51. The van der Waals surface area contributed by atoms with Gasteiger partial charge in [0, 0.05) is 0 Å². The second-order valence-corrected chi connectivity index (χ2v) is 10.4.